The Bertz CT molecular complexity index is 340. The van der Waals surface area contributed by atoms with Crippen LogP contribution < -0.4 is 5.32 Å². The van der Waals surface area contributed by atoms with Crippen molar-refractivity contribution in [1.29, 1.82) is 0 Å². The van der Waals surface area contributed by atoms with Gasteiger partial charge in [-0.15, -0.1) is 0 Å². The number of morpholine rings is 1. The summed E-state index contributed by atoms with van der Waals surface area (Å²) in [6, 6.07) is 0.402. The highest BCUT2D eigenvalue weighted by atomic mass is 16.5. The molecule has 0 radical (unpaired) electrons. The highest BCUT2D eigenvalue weighted by molar-refractivity contribution is 5.17. The van der Waals surface area contributed by atoms with Crippen molar-refractivity contribution >= 4 is 0 Å². The fourth-order valence-corrected chi connectivity index (χ4v) is 2.18. The number of aromatic nitrogens is 2. The number of ether oxygens (including phenoxy) is 1. The average Bonchev–Trinajstić information content (AvgIpc) is 2.61. The first-order valence-corrected chi connectivity index (χ1v) is 6.03. The van der Waals surface area contributed by atoms with Crippen molar-refractivity contribution in [3.8, 4) is 0 Å². The lowest BCUT2D eigenvalue weighted by Crippen LogP contribution is -2.42. The van der Waals surface area contributed by atoms with Crippen molar-refractivity contribution < 1.29 is 4.74 Å². The molecule has 2 N–H and O–H groups in total. The average molecular weight is 223 g/mol. The smallest absolute Gasteiger partial charge is 0.108 e. The summed E-state index contributed by atoms with van der Waals surface area (Å²) in [5, 5.41) is 3.44. The molecule has 2 heterocycles. The predicted octanol–water partition coefficient (Wildman–Crippen LogP) is 1.37. The summed E-state index contributed by atoms with van der Waals surface area (Å²) in [4.78, 5) is 8.02. The summed E-state index contributed by atoms with van der Waals surface area (Å²) in [6.45, 7) is 9.00. The van der Waals surface area contributed by atoms with Gasteiger partial charge in [0.05, 0.1) is 18.9 Å². The number of nitrogens with one attached hydrogen (secondary N) is 2. The van der Waals surface area contributed by atoms with E-state index in [9.17, 15) is 0 Å². The minimum atomic E-state index is 0.402. The molecule has 4 heteroatoms. The second kappa shape index (κ2) is 4.97. The van der Waals surface area contributed by atoms with Gasteiger partial charge < -0.3 is 15.0 Å². The van der Waals surface area contributed by atoms with Gasteiger partial charge in [-0.25, -0.2) is 4.98 Å². The van der Waals surface area contributed by atoms with E-state index in [1.54, 1.807) is 0 Å². The topological polar surface area (TPSA) is 49.9 Å². The second-order valence-electron chi connectivity index (χ2n) is 4.78. The van der Waals surface area contributed by atoms with Crippen LogP contribution in [-0.2, 0) is 11.2 Å². The summed E-state index contributed by atoms with van der Waals surface area (Å²) in [6.07, 6.45) is 0.924. The van der Waals surface area contributed by atoms with Gasteiger partial charge in [-0.1, -0.05) is 13.8 Å². The molecule has 0 bridgehead atoms. The van der Waals surface area contributed by atoms with Gasteiger partial charge in [-0.3, -0.25) is 0 Å². The predicted molar refractivity (Wildman–Crippen MR) is 63.7 cm³/mol. The molecule has 1 aromatic rings. The van der Waals surface area contributed by atoms with Crippen LogP contribution in [-0.4, -0.2) is 35.8 Å². The molecule has 0 spiro atoms. The molecule has 0 saturated carbocycles. The lowest BCUT2D eigenvalue weighted by atomic mass is 10.1. The van der Waals surface area contributed by atoms with E-state index in [2.05, 4.69) is 36.1 Å². The Hall–Kier alpha value is -0.870. The van der Waals surface area contributed by atoms with Gasteiger partial charge in [0.15, 0.2) is 0 Å². The van der Waals surface area contributed by atoms with Crippen LogP contribution in [0.1, 0.15) is 37.0 Å². The fourth-order valence-electron chi connectivity index (χ4n) is 2.18. The molecule has 1 aliphatic heterocycles. The Balaban J connectivity index is 2.01. The third kappa shape index (κ3) is 2.62. The number of nitrogens with zero attached hydrogens (tertiary/aromatic N) is 1. The van der Waals surface area contributed by atoms with E-state index in [4.69, 9.17) is 4.74 Å². The van der Waals surface area contributed by atoms with Gasteiger partial charge in [0.25, 0.3) is 0 Å². The first-order valence-electron chi connectivity index (χ1n) is 6.03. The third-order valence-corrected chi connectivity index (χ3v) is 2.96. The minimum absolute atomic E-state index is 0.402. The number of aromatic amines is 1. The van der Waals surface area contributed by atoms with Gasteiger partial charge in [0, 0.05) is 24.7 Å². The van der Waals surface area contributed by atoms with Crippen LogP contribution in [0.4, 0.5) is 0 Å². The van der Waals surface area contributed by atoms with Crippen LogP contribution in [0.2, 0.25) is 0 Å². The largest absolute Gasteiger partial charge is 0.379 e. The van der Waals surface area contributed by atoms with Crippen molar-refractivity contribution in [2.45, 2.75) is 39.2 Å². The number of hydrogen-bond donors (Lipinski definition) is 2. The first kappa shape index (κ1) is 11.6. The number of imidazole rings is 1. The number of rotatable bonds is 3. The molecule has 0 amide bonds. The second-order valence-corrected chi connectivity index (χ2v) is 4.78. The van der Waals surface area contributed by atoms with Gasteiger partial charge in [-0.2, -0.15) is 0 Å². The third-order valence-electron chi connectivity index (χ3n) is 2.96. The summed E-state index contributed by atoms with van der Waals surface area (Å²) in [5.41, 5.74) is 2.38. The van der Waals surface area contributed by atoms with Gasteiger partial charge >= 0.3 is 0 Å². The molecule has 2 rings (SSSR count). The minimum Gasteiger partial charge on any atom is -0.379 e. The Morgan fingerprint density at radius 3 is 2.88 bits per heavy atom. The van der Waals surface area contributed by atoms with Crippen LogP contribution in [0.3, 0.4) is 0 Å². The van der Waals surface area contributed by atoms with Crippen LogP contribution >= 0.6 is 0 Å². The summed E-state index contributed by atoms with van der Waals surface area (Å²) >= 11 is 0. The van der Waals surface area contributed by atoms with Crippen molar-refractivity contribution in [2.75, 3.05) is 19.8 Å². The van der Waals surface area contributed by atoms with Crippen LogP contribution in [0, 0.1) is 6.92 Å². The lowest BCUT2D eigenvalue weighted by molar-refractivity contribution is 0.0764. The zero-order valence-corrected chi connectivity index (χ0v) is 10.3. The molecule has 1 saturated heterocycles. The van der Waals surface area contributed by atoms with Crippen LogP contribution in [0.25, 0.3) is 0 Å². The molecule has 16 heavy (non-hydrogen) atoms. The van der Waals surface area contributed by atoms with Crippen molar-refractivity contribution in [3.63, 3.8) is 0 Å². The molecular formula is C12H21N3O. The van der Waals surface area contributed by atoms with Gasteiger partial charge in [-0.05, 0) is 12.8 Å². The van der Waals surface area contributed by atoms with Crippen molar-refractivity contribution in [3.05, 3.63) is 17.2 Å². The van der Waals surface area contributed by atoms with E-state index in [0.717, 1.165) is 32.0 Å². The first-order chi connectivity index (χ1) is 7.66. The molecule has 0 aliphatic carbocycles. The van der Waals surface area contributed by atoms with E-state index in [1.807, 2.05) is 0 Å². The molecule has 1 aliphatic rings. The maximum Gasteiger partial charge on any atom is 0.108 e. The molecule has 1 unspecified atom stereocenters. The zero-order valence-electron chi connectivity index (χ0n) is 10.3. The number of hydrogen-bond acceptors (Lipinski definition) is 3. The molecule has 1 aromatic heterocycles. The lowest BCUT2D eigenvalue weighted by Gasteiger charge is -2.22. The fraction of sp³-hybridized carbons (Fsp3) is 0.750. The SMILES string of the molecule is Cc1[nH]c(CC2COCCN2)nc1C(C)C. The van der Waals surface area contributed by atoms with E-state index < -0.39 is 0 Å². The van der Waals surface area contributed by atoms with Crippen molar-refractivity contribution in [2.24, 2.45) is 0 Å². The zero-order chi connectivity index (χ0) is 11.5. The quantitative estimate of drug-likeness (QED) is 0.813. The Morgan fingerprint density at radius 1 is 1.50 bits per heavy atom. The van der Waals surface area contributed by atoms with Gasteiger partial charge in [0.1, 0.15) is 5.82 Å². The standard InChI is InChI=1S/C12H21N3O/c1-8(2)12-9(3)14-11(15-12)6-10-7-16-5-4-13-10/h8,10,13H,4-7H2,1-3H3,(H,14,15). The highest BCUT2D eigenvalue weighted by Gasteiger charge is 2.17. The monoisotopic (exact) mass is 223 g/mol. The van der Waals surface area contributed by atoms with Crippen molar-refractivity contribution in [1.82, 2.24) is 15.3 Å². The van der Waals surface area contributed by atoms with E-state index in [-0.39, 0.29) is 0 Å². The molecule has 0 aromatic carbocycles. The number of H-pyrrole nitrogens is 1. The Kier molecular flexibility index (Phi) is 3.61. The van der Waals surface area contributed by atoms with Crippen LogP contribution in [0.15, 0.2) is 0 Å². The molecule has 1 atom stereocenters. The Morgan fingerprint density at radius 2 is 2.31 bits per heavy atom. The highest BCUT2D eigenvalue weighted by Crippen LogP contribution is 2.16. The maximum atomic E-state index is 5.43. The summed E-state index contributed by atoms with van der Waals surface area (Å²) < 4.78 is 5.43. The molecule has 90 valence electrons. The van der Waals surface area contributed by atoms with Crippen LogP contribution in [0.5, 0.6) is 0 Å². The molecule has 4 nitrogen and oxygen atoms in total. The molecular weight excluding hydrogens is 202 g/mol. The van der Waals surface area contributed by atoms with E-state index in [0.29, 0.717) is 12.0 Å². The maximum absolute atomic E-state index is 5.43. The van der Waals surface area contributed by atoms with Gasteiger partial charge in [0.2, 0.25) is 0 Å². The van der Waals surface area contributed by atoms with E-state index >= 15 is 0 Å². The Labute approximate surface area is 96.8 Å². The normalized spacial score (nSPS) is 21.6. The number of aryl methyl sites for hydroxylation is 1. The molecule has 1 fully saturated rings. The summed E-state index contributed by atoms with van der Waals surface area (Å²) in [7, 11) is 0. The van der Waals surface area contributed by atoms with E-state index in [1.165, 1.54) is 11.4 Å². The summed E-state index contributed by atoms with van der Waals surface area (Å²) in [5.74, 6) is 1.56.